The molecule has 4 heteroatoms. The molecule has 0 heterocycles. The number of hydrogen-bond acceptors (Lipinski definition) is 3. The van der Waals surface area contributed by atoms with Gasteiger partial charge >= 0.3 is 5.97 Å². The summed E-state index contributed by atoms with van der Waals surface area (Å²) in [6.45, 7) is 3.77. The number of esters is 1. The second-order valence-electron chi connectivity index (χ2n) is 4.50. The van der Waals surface area contributed by atoms with Gasteiger partial charge in [-0.3, -0.25) is 4.79 Å². The lowest BCUT2D eigenvalue weighted by Crippen LogP contribution is -2.38. The summed E-state index contributed by atoms with van der Waals surface area (Å²) >= 11 is 0. The van der Waals surface area contributed by atoms with Gasteiger partial charge in [-0.2, -0.15) is 0 Å². The molecule has 1 aromatic carbocycles. The molecule has 0 radical (unpaired) electrons. The molecule has 0 aromatic heterocycles. The highest BCUT2D eigenvalue weighted by atomic mass is 19.1. The van der Waals surface area contributed by atoms with Crippen molar-refractivity contribution in [1.29, 1.82) is 0 Å². The van der Waals surface area contributed by atoms with Gasteiger partial charge in [0.2, 0.25) is 0 Å². The second-order valence-corrected chi connectivity index (χ2v) is 4.50. The maximum atomic E-state index is 13.2. The zero-order valence-corrected chi connectivity index (χ0v) is 10.4. The van der Waals surface area contributed by atoms with Crippen molar-refractivity contribution in [2.24, 2.45) is 11.1 Å². The topological polar surface area (TPSA) is 52.3 Å². The zero-order chi connectivity index (χ0) is 13.1. The number of benzene rings is 1. The predicted octanol–water partition coefficient (Wildman–Crippen LogP) is 1.81. The quantitative estimate of drug-likeness (QED) is 0.815. The Kier molecular flexibility index (Phi) is 4.23. The van der Waals surface area contributed by atoms with Gasteiger partial charge in [0.1, 0.15) is 5.82 Å². The summed E-state index contributed by atoms with van der Waals surface area (Å²) in [5.41, 5.74) is 6.53. The number of ether oxygens (including phenoxy) is 1. The lowest BCUT2D eigenvalue weighted by molar-refractivity contribution is -0.151. The standard InChI is InChI=1S/C13H18FNO2/c1-9-4-5-11(14)6-10(9)7-13(2,8-15)12(16)17-3/h4-6H,7-8,15H2,1-3H3. The first-order valence-electron chi connectivity index (χ1n) is 5.46. The third-order valence-corrected chi connectivity index (χ3v) is 3.02. The third-order valence-electron chi connectivity index (χ3n) is 3.02. The number of carbonyl (C=O) groups is 1. The molecule has 94 valence electrons. The molecule has 0 spiro atoms. The smallest absolute Gasteiger partial charge is 0.313 e. The van der Waals surface area contributed by atoms with Crippen LogP contribution in [0, 0.1) is 18.2 Å². The minimum Gasteiger partial charge on any atom is -0.469 e. The Hall–Kier alpha value is -1.42. The van der Waals surface area contributed by atoms with Crippen LogP contribution in [0.25, 0.3) is 0 Å². The number of halogens is 1. The zero-order valence-electron chi connectivity index (χ0n) is 10.4. The first-order valence-corrected chi connectivity index (χ1v) is 5.46. The predicted molar refractivity (Wildman–Crippen MR) is 64.0 cm³/mol. The van der Waals surface area contributed by atoms with Crippen LogP contribution in [-0.4, -0.2) is 19.6 Å². The molecule has 1 rings (SSSR count). The number of carbonyl (C=O) groups excluding carboxylic acids is 1. The van der Waals surface area contributed by atoms with Crippen molar-refractivity contribution in [1.82, 2.24) is 0 Å². The van der Waals surface area contributed by atoms with Crippen LogP contribution in [0.2, 0.25) is 0 Å². The van der Waals surface area contributed by atoms with E-state index in [1.807, 2.05) is 6.92 Å². The molecule has 0 aliphatic carbocycles. The number of aryl methyl sites for hydroxylation is 1. The van der Waals surface area contributed by atoms with Crippen LogP contribution in [0.3, 0.4) is 0 Å². The number of rotatable bonds is 4. The molecule has 1 unspecified atom stereocenters. The van der Waals surface area contributed by atoms with Gasteiger partial charge in [0.15, 0.2) is 0 Å². The number of methoxy groups -OCH3 is 1. The van der Waals surface area contributed by atoms with E-state index >= 15 is 0 Å². The summed E-state index contributed by atoms with van der Waals surface area (Å²) < 4.78 is 17.9. The molecule has 0 fully saturated rings. The first-order chi connectivity index (χ1) is 7.92. The van der Waals surface area contributed by atoms with Crippen LogP contribution in [-0.2, 0) is 16.0 Å². The first kappa shape index (κ1) is 13.6. The Bertz CT molecular complexity index is 420. The lowest BCUT2D eigenvalue weighted by Gasteiger charge is -2.25. The lowest BCUT2D eigenvalue weighted by atomic mass is 9.82. The van der Waals surface area contributed by atoms with Gasteiger partial charge in [0.05, 0.1) is 12.5 Å². The van der Waals surface area contributed by atoms with Gasteiger partial charge in [0.25, 0.3) is 0 Å². The van der Waals surface area contributed by atoms with E-state index in [1.54, 1.807) is 13.0 Å². The maximum absolute atomic E-state index is 13.2. The summed E-state index contributed by atoms with van der Waals surface area (Å²) in [5, 5.41) is 0. The van der Waals surface area contributed by atoms with Crippen molar-refractivity contribution in [3.05, 3.63) is 35.1 Å². The van der Waals surface area contributed by atoms with Gasteiger partial charge in [-0.15, -0.1) is 0 Å². The molecule has 0 saturated carbocycles. The minimum atomic E-state index is -0.812. The summed E-state index contributed by atoms with van der Waals surface area (Å²) in [6.07, 6.45) is 0.375. The van der Waals surface area contributed by atoms with E-state index in [-0.39, 0.29) is 18.3 Å². The fraction of sp³-hybridized carbons (Fsp3) is 0.462. The SMILES string of the molecule is COC(=O)C(C)(CN)Cc1cc(F)ccc1C. The van der Waals surface area contributed by atoms with Crippen molar-refractivity contribution in [2.45, 2.75) is 20.3 Å². The molecule has 0 aliphatic heterocycles. The molecule has 3 nitrogen and oxygen atoms in total. The van der Waals surface area contributed by atoms with Crippen LogP contribution >= 0.6 is 0 Å². The monoisotopic (exact) mass is 239 g/mol. The van der Waals surface area contributed by atoms with Crippen LogP contribution in [0.15, 0.2) is 18.2 Å². The summed E-state index contributed by atoms with van der Waals surface area (Å²) in [7, 11) is 1.33. The molecule has 2 N–H and O–H groups in total. The number of nitrogens with two attached hydrogens (primary N) is 1. The average Bonchev–Trinajstić information content (AvgIpc) is 2.32. The van der Waals surface area contributed by atoms with Crippen molar-refractivity contribution in [3.63, 3.8) is 0 Å². The van der Waals surface area contributed by atoms with Crippen LogP contribution in [0.5, 0.6) is 0 Å². The van der Waals surface area contributed by atoms with Crippen molar-refractivity contribution < 1.29 is 13.9 Å². The Morgan fingerprint density at radius 2 is 2.18 bits per heavy atom. The fourth-order valence-corrected chi connectivity index (χ4v) is 1.72. The van der Waals surface area contributed by atoms with Crippen LogP contribution in [0.4, 0.5) is 4.39 Å². The van der Waals surface area contributed by atoms with E-state index in [4.69, 9.17) is 10.5 Å². The van der Waals surface area contributed by atoms with E-state index in [9.17, 15) is 9.18 Å². The van der Waals surface area contributed by atoms with Crippen molar-refractivity contribution >= 4 is 5.97 Å². The Morgan fingerprint density at radius 1 is 1.53 bits per heavy atom. The normalized spacial score (nSPS) is 14.2. The van der Waals surface area contributed by atoms with Gasteiger partial charge in [-0.25, -0.2) is 4.39 Å². The molecule has 0 amide bonds. The molecule has 1 aromatic rings. The fourth-order valence-electron chi connectivity index (χ4n) is 1.72. The highest BCUT2D eigenvalue weighted by Crippen LogP contribution is 2.25. The molecule has 0 saturated heterocycles. The molecular formula is C13H18FNO2. The molecule has 1 atom stereocenters. The van der Waals surface area contributed by atoms with Gasteiger partial charge in [-0.05, 0) is 43.5 Å². The second kappa shape index (κ2) is 5.27. The Balaban J connectivity index is 3.02. The summed E-state index contributed by atoms with van der Waals surface area (Å²) in [5.74, 6) is -0.682. The Morgan fingerprint density at radius 3 is 2.71 bits per heavy atom. The molecule has 0 bridgehead atoms. The molecule has 17 heavy (non-hydrogen) atoms. The van der Waals surface area contributed by atoms with E-state index in [0.29, 0.717) is 6.42 Å². The molecule has 0 aliphatic rings. The van der Waals surface area contributed by atoms with Gasteiger partial charge < -0.3 is 10.5 Å². The highest BCUT2D eigenvalue weighted by molar-refractivity contribution is 5.77. The van der Waals surface area contributed by atoms with Gasteiger partial charge in [-0.1, -0.05) is 6.07 Å². The summed E-state index contributed by atoms with van der Waals surface area (Å²) in [6, 6.07) is 4.53. The van der Waals surface area contributed by atoms with Crippen LogP contribution < -0.4 is 5.73 Å². The molecular weight excluding hydrogens is 221 g/mol. The van der Waals surface area contributed by atoms with E-state index < -0.39 is 5.41 Å². The van der Waals surface area contributed by atoms with Crippen molar-refractivity contribution in [3.8, 4) is 0 Å². The van der Waals surface area contributed by atoms with Crippen molar-refractivity contribution in [2.75, 3.05) is 13.7 Å². The highest BCUT2D eigenvalue weighted by Gasteiger charge is 2.33. The van der Waals surface area contributed by atoms with E-state index in [2.05, 4.69) is 0 Å². The van der Waals surface area contributed by atoms with Crippen LogP contribution in [0.1, 0.15) is 18.1 Å². The van der Waals surface area contributed by atoms with E-state index in [1.165, 1.54) is 19.2 Å². The van der Waals surface area contributed by atoms with Gasteiger partial charge in [0, 0.05) is 6.54 Å². The maximum Gasteiger partial charge on any atom is 0.313 e. The third kappa shape index (κ3) is 3.03. The largest absolute Gasteiger partial charge is 0.469 e. The minimum absolute atomic E-state index is 0.162. The number of hydrogen-bond donors (Lipinski definition) is 1. The summed E-state index contributed by atoms with van der Waals surface area (Å²) in [4.78, 5) is 11.7. The average molecular weight is 239 g/mol. The van der Waals surface area contributed by atoms with E-state index in [0.717, 1.165) is 11.1 Å². The Labute approximate surface area is 101 Å².